The Hall–Kier alpha value is -1.45. The summed E-state index contributed by atoms with van der Waals surface area (Å²) in [5, 5.41) is 10.1. The van der Waals surface area contributed by atoms with Crippen LogP contribution < -0.4 is 10.5 Å². The average Bonchev–Trinajstić information content (AvgIpc) is 2.65. The topological polar surface area (TPSA) is 127 Å². The van der Waals surface area contributed by atoms with Crippen molar-refractivity contribution < 1.29 is 23.1 Å². The van der Waals surface area contributed by atoms with Gasteiger partial charge in [0.2, 0.25) is 15.9 Å². The fraction of sp³-hybridized carbons (Fsp3) is 0.250. The Morgan fingerprint density at radius 3 is 2.59 bits per heavy atom. The predicted octanol–water partition coefficient (Wildman–Crippen LogP) is -0.402. The maximum Gasteiger partial charge on any atom is 0.347 e. The van der Waals surface area contributed by atoms with Gasteiger partial charge in [0.05, 0.1) is 6.04 Å². The van der Waals surface area contributed by atoms with Crippen LogP contribution in [0.4, 0.5) is 0 Å². The van der Waals surface area contributed by atoms with Gasteiger partial charge in [0.15, 0.2) is 0 Å². The maximum absolute atomic E-state index is 11.8. The van der Waals surface area contributed by atoms with Crippen molar-refractivity contribution in [1.29, 1.82) is 0 Å². The monoisotopic (exact) mass is 278 g/mol. The van der Waals surface area contributed by atoms with E-state index in [1.807, 2.05) is 4.72 Å². The van der Waals surface area contributed by atoms with E-state index in [9.17, 15) is 18.0 Å². The van der Waals surface area contributed by atoms with Crippen LogP contribution in [-0.4, -0.2) is 31.4 Å². The van der Waals surface area contributed by atoms with Gasteiger partial charge in [-0.15, -0.1) is 11.3 Å². The normalized spacial score (nSPS) is 13.2. The molecule has 1 aromatic heterocycles. The Morgan fingerprint density at radius 2 is 2.12 bits per heavy atom. The molecule has 0 aliphatic rings. The summed E-state index contributed by atoms with van der Waals surface area (Å²) in [5.74, 6) is -2.19. The molecule has 1 atom stereocenters. The average molecular weight is 278 g/mol. The van der Waals surface area contributed by atoms with Crippen LogP contribution in [0, 0.1) is 0 Å². The van der Waals surface area contributed by atoms with Crippen molar-refractivity contribution in [3.05, 3.63) is 16.3 Å². The largest absolute Gasteiger partial charge is 0.477 e. The molecule has 0 saturated carbocycles. The van der Waals surface area contributed by atoms with E-state index >= 15 is 0 Å². The summed E-state index contributed by atoms with van der Waals surface area (Å²) in [6.45, 7) is 1.27. The first-order valence-corrected chi connectivity index (χ1v) is 6.74. The molecular formula is C8H10N2O5S2. The standard InChI is InChI=1S/C8H10N2O5S2/c1-4(7(9)11)10-17(14,15)5-2-3-16-6(5)8(12)13/h2-4,10H,1H3,(H2,9,11)(H,12,13). The number of carbonyl (C=O) groups is 2. The quantitative estimate of drug-likeness (QED) is 0.675. The number of sulfonamides is 1. The van der Waals surface area contributed by atoms with Crippen LogP contribution in [0.25, 0.3) is 0 Å². The Balaban J connectivity index is 3.10. The van der Waals surface area contributed by atoms with Gasteiger partial charge in [-0.3, -0.25) is 4.79 Å². The van der Waals surface area contributed by atoms with E-state index < -0.39 is 27.9 Å². The lowest BCUT2D eigenvalue weighted by atomic mass is 10.4. The number of thiophene rings is 1. The van der Waals surface area contributed by atoms with Gasteiger partial charge < -0.3 is 10.8 Å². The number of aromatic carboxylic acids is 1. The Kier molecular flexibility index (Phi) is 3.86. The Bertz CT molecular complexity index is 548. The van der Waals surface area contributed by atoms with Gasteiger partial charge in [-0.1, -0.05) is 0 Å². The second kappa shape index (κ2) is 4.82. The molecule has 0 fully saturated rings. The lowest BCUT2D eigenvalue weighted by Gasteiger charge is -2.10. The zero-order valence-electron chi connectivity index (χ0n) is 8.71. The van der Waals surface area contributed by atoms with Gasteiger partial charge in [-0.2, -0.15) is 4.72 Å². The molecular weight excluding hydrogens is 268 g/mol. The molecule has 1 aromatic rings. The van der Waals surface area contributed by atoms with E-state index in [1.54, 1.807) is 0 Å². The number of amides is 1. The van der Waals surface area contributed by atoms with Crippen LogP contribution in [0.15, 0.2) is 16.3 Å². The van der Waals surface area contributed by atoms with Crippen LogP contribution in [0.2, 0.25) is 0 Å². The van der Waals surface area contributed by atoms with Crippen LogP contribution >= 0.6 is 11.3 Å². The molecule has 0 spiro atoms. The first-order chi connectivity index (χ1) is 7.75. The summed E-state index contributed by atoms with van der Waals surface area (Å²) in [5.41, 5.74) is 4.91. The minimum atomic E-state index is -4.06. The summed E-state index contributed by atoms with van der Waals surface area (Å²) in [6, 6.07) is 0.0472. The van der Waals surface area contributed by atoms with Gasteiger partial charge in [-0.25, -0.2) is 13.2 Å². The van der Waals surface area contributed by atoms with Crippen molar-refractivity contribution in [2.75, 3.05) is 0 Å². The molecule has 1 amide bonds. The number of hydrogen-bond donors (Lipinski definition) is 3. The number of primary amides is 1. The minimum Gasteiger partial charge on any atom is -0.477 e. The van der Waals surface area contributed by atoms with Crippen LogP contribution in [0.3, 0.4) is 0 Å². The molecule has 1 heterocycles. The van der Waals surface area contributed by atoms with Crippen molar-refractivity contribution in [2.45, 2.75) is 17.9 Å². The molecule has 0 aliphatic carbocycles. The number of carbonyl (C=O) groups excluding carboxylic acids is 1. The summed E-state index contributed by atoms with van der Waals surface area (Å²) in [7, 11) is -4.06. The highest BCUT2D eigenvalue weighted by molar-refractivity contribution is 7.89. The van der Waals surface area contributed by atoms with Gasteiger partial charge in [0, 0.05) is 0 Å². The van der Waals surface area contributed by atoms with E-state index in [0.717, 1.165) is 17.4 Å². The molecule has 0 bridgehead atoms. The van der Waals surface area contributed by atoms with Gasteiger partial charge in [0.1, 0.15) is 9.77 Å². The molecule has 1 unspecified atom stereocenters. The number of nitrogens with two attached hydrogens (primary N) is 1. The SMILES string of the molecule is CC(NS(=O)(=O)c1ccsc1C(=O)O)C(N)=O. The van der Waals surface area contributed by atoms with Crippen LogP contribution in [0.1, 0.15) is 16.6 Å². The highest BCUT2D eigenvalue weighted by atomic mass is 32.2. The van der Waals surface area contributed by atoms with Crippen LogP contribution in [-0.2, 0) is 14.8 Å². The molecule has 4 N–H and O–H groups in total. The zero-order chi connectivity index (χ0) is 13.2. The minimum absolute atomic E-state index is 0.311. The number of carboxylic acid groups (broad SMARTS) is 1. The number of nitrogens with one attached hydrogen (secondary N) is 1. The Morgan fingerprint density at radius 1 is 1.53 bits per heavy atom. The fourth-order valence-electron chi connectivity index (χ4n) is 1.02. The van der Waals surface area contributed by atoms with Crippen molar-refractivity contribution in [3.8, 4) is 0 Å². The molecule has 0 aromatic carbocycles. The van der Waals surface area contributed by atoms with E-state index in [0.29, 0.717) is 0 Å². The number of carboxylic acids is 1. The van der Waals surface area contributed by atoms with Gasteiger partial charge >= 0.3 is 5.97 Å². The van der Waals surface area contributed by atoms with E-state index in [2.05, 4.69) is 0 Å². The van der Waals surface area contributed by atoms with E-state index in [1.165, 1.54) is 12.3 Å². The second-order valence-electron chi connectivity index (χ2n) is 3.16. The third-order valence-electron chi connectivity index (χ3n) is 1.87. The first kappa shape index (κ1) is 13.6. The van der Waals surface area contributed by atoms with Crippen molar-refractivity contribution in [1.82, 2.24) is 4.72 Å². The second-order valence-corrected chi connectivity index (χ2v) is 5.76. The number of rotatable bonds is 5. The molecule has 17 heavy (non-hydrogen) atoms. The van der Waals surface area contributed by atoms with Gasteiger partial charge in [-0.05, 0) is 18.4 Å². The third kappa shape index (κ3) is 3.02. The summed E-state index contributed by atoms with van der Waals surface area (Å²) in [6.07, 6.45) is 0. The van der Waals surface area contributed by atoms with Gasteiger partial charge in [0.25, 0.3) is 0 Å². The Labute approximate surface area is 101 Å². The zero-order valence-corrected chi connectivity index (χ0v) is 10.3. The van der Waals surface area contributed by atoms with Crippen LogP contribution in [0.5, 0.6) is 0 Å². The maximum atomic E-state index is 11.8. The molecule has 0 saturated heterocycles. The predicted molar refractivity (Wildman–Crippen MR) is 60.3 cm³/mol. The molecule has 7 nitrogen and oxygen atoms in total. The summed E-state index contributed by atoms with van der Waals surface area (Å²) in [4.78, 5) is 20.8. The highest BCUT2D eigenvalue weighted by Gasteiger charge is 2.26. The molecule has 1 rings (SSSR count). The van der Waals surface area contributed by atoms with Crippen molar-refractivity contribution in [3.63, 3.8) is 0 Å². The molecule has 0 aliphatic heterocycles. The molecule has 0 radical (unpaired) electrons. The van der Waals surface area contributed by atoms with E-state index in [-0.39, 0.29) is 9.77 Å². The van der Waals surface area contributed by atoms with Crippen molar-refractivity contribution in [2.24, 2.45) is 5.73 Å². The lowest BCUT2D eigenvalue weighted by Crippen LogP contribution is -2.42. The third-order valence-corrected chi connectivity index (χ3v) is 4.49. The van der Waals surface area contributed by atoms with E-state index in [4.69, 9.17) is 10.8 Å². The lowest BCUT2D eigenvalue weighted by molar-refractivity contribution is -0.119. The fourth-order valence-corrected chi connectivity index (χ4v) is 3.49. The molecule has 94 valence electrons. The first-order valence-electron chi connectivity index (χ1n) is 4.38. The molecule has 9 heteroatoms. The highest BCUT2D eigenvalue weighted by Crippen LogP contribution is 2.21. The summed E-state index contributed by atoms with van der Waals surface area (Å²) < 4.78 is 25.5. The van der Waals surface area contributed by atoms with Crippen molar-refractivity contribution >= 4 is 33.2 Å². The summed E-state index contributed by atoms with van der Waals surface area (Å²) >= 11 is 0.785. The smallest absolute Gasteiger partial charge is 0.347 e. The number of hydrogen-bond acceptors (Lipinski definition) is 5.